The summed E-state index contributed by atoms with van der Waals surface area (Å²) in [4.78, 5) is 17.3. The fraction of sp³-hybridized carbons (Fsp3) is 0.714. The molecule has 0 unspecified atom stereocenters. The van der Waals surface area contributed by atoms with E-state index in [0.29, 0.717) is 11.4 Å². The first kappa shape index (κ1) is 16.1. The Morgan fingerprint density at radius 2 is 1.95 bits per heavy atom. The van der Waals surface area contributed by atoms with Gasteiger partial charge in [0.25, 0.3) is 5.91 Å². The van der Waals surface area contributed by atoms with Gasteiger partial charge in [-0.3, -0.25) is 4.79 Å². The fourth-order valence-electron chi connectivity index (χ4n) is 1.78. The van der Waals surface area contributed by atoms with E-state index < -0.39 is 0 Å². The second-order valence-electron chi connectivity index (χ2n) is 6.03. The summed E-state index contributed by atoms with van der Waals surface area (Å²) in [6.45, 7) is 10.8. The Morgan fingerprint density at radius 3 is 2.42 bits per heavy atom. The van der Waals surface area contributed by atoms with Gasteiger partial charge >= 0.3 is 0 Å². The van der Waals surface area contributed by atoms with Crippen molar-refractivity contribution in [2.45, 2.75) is 58.4 Å². The van der Waals surface area contributed by atoms with Crippen molar-refractivity contribution in [2.24, 2.45) is 5.73 Å². The fourth-order valence-corrected chi connectivity index (χ4v) is 2.69. The Morgan fingerprint density at radius 1 is 1.37 bits per heavy atom. The van der Waals surface area contributed by atoms with Crippen LogP contribution in [-0.2, 0) is 5.41 Å². The molecule has 0 saturated heterocycles. The van der Waals surface area contributed by atoms with Gasteiger partial charge < -0.3 is 11.1 Å². The van der Waals surface area contributed by atoms with Crippen LogP contribution in [0.25, 0.3) is 0 Å². The number of carbonyl (C=O) groups is 1. The molecule has 1 aromatic rings. The molecule has 0 aliphatic carbocycles. The first-order valence-corrected chi connectivity index (χ1v) is 7.62. The number of nitrogens with one attached hydrogen (secondary N) is 1. The molecule has 0 aromatic carbocycles. The molecule has 5 heteroatoms. The molecular formula is C14H25N3OS. The van der Waals surface area contributed by atoms with Crippen molar-refractivity contribution in [1.82, 2.24) is 10.3 Å². The van der Waals surface area contributed by atoms with Crippen molar-refractivity contribution in [1.29, 1.82) is 0 Å². The van der Waals surface area contributed by atoms with Crippen LogP contribution in [0.3, 0.4) is 0 Å². The van der Waals surface area contributed by atoms with Crippen LogP contribution in [0.4, 0.5) is 0 Å². The number of amides is 1. The SMILES string of the molecule is CCC(N)(CC)CNC(=O)c1scnc1C(C)(C)C. The van der Waals surface area contributed by atoms with Gasteiger partial charge in [0.05, 0.1) is 11.2 Å². The van der Waals surface area contributed by atoms with E-state index >= 15 is 0 Å². The number of nitrogens with zero attached hydrogens (tertiary/aromatic N) is 1. The zero-order chi connectivity index (χ0) is 14.7. The zero-order valence-electron chi connectivity index (χ0n) is 12.5. The molecule has 1 amide bonds. The predicted molar refractivity (Wildman–Crippen MR) is 80.6 cm³/mol. The van der Waals surface area contributed by atoms with E-state index in [1.54, 1.807) is 5.51 Å². The monoisotopic (exact) mass is 283 g/mol. The molecule has 1 rings (SSSR count). The van der Waals surface area contributed by atoms with E-state index in [2.05, 4.69) is 31.1 Å². The van der Waals surface area contributed by atoms with Gasteiger partial charge in [-0.15, -0.1) is 11.3 Å². The summed E-state index contributed by atoms with van der Waals surface area (Å²) in [5.41, 5.74) is 8.33. The molecule has 0 aliphatic rings. The molecule has 3 N–H and O–H groups in total. The number of aromatic nitrogens is 1. The first-order valence-electron chi connectivity index (χ1n) is 6.74. The second kappa shape index (κ2) is 6.01. The smallest absolute Gasteiger partial charge is 0.263 e. The van der Waals surface area contributed by atoms with Gasteiger partial charge in [0.2, 0.25) is 0 Å². The highest BCUT2D eigenvalue weighted by molar-refractivity contribution is 7.11. The van der Waals surface area contributed by atoms with Crippen molar-refractivity contribution in [3.63, 3.8) is 0 Å². The maximum Gasteiger partial charge on any atom is 0.263 e. The highest BCUT2D eigenvalue weighted by Gasteiger charge is 2.26. The summed E-state index contributed by atoms with van der Waals surface area (Å²) >= 11 is 1.39. The third-order valence-electron chi connectivity index (χ3n) is 3.49. The van der Waals surface area contributed by atoms with E-state index in [4.69, 9.17) is 5.73 Å². The number of rotatable bonds is 5. The topological polar surface area (TPSA) is 68.0 Å². The van der Waals surface area contributed by atoms with Crippen LogP contribution in [0, 0.1) is 0 Å². The van der Waals surface area contributed by atoms with Crippen LogP contribution in [0.2, 0.25) is 0 Å². The molecule has 19 heavy (non-hydrogen) atoms. The summed E-state index contributed by atoms with van der Waals surface area (Å²) in [5.74, 6) is -0.0656. The average molecular weight is 283 g/mol. The Bertz CT molecular complexity index is 430. The summed E-state index contributed by atoms with van der Waals surface area (Å²) in [6.07, 6.45) is 1.69. The summed E-state index contributed by atoms with van der Waals surface area (Å²) in [6, 6.07) is 0. The molecule has 1 heterocycles. The van der Waals surface area contributed by atoms with Crippen molar-refractivity contribution in [3.05, 3.63) is 16.1 Å². The quantitative estimate of drug-likeness (QED) is 0.873. The maximum atomic E-state index is 12.3. The van der Waals surface area contributed by atoms with Crippen LogP contribution in [0.15, 0.2) is 5.51 Å². The highest BCUT2D eigenvalue weighted by atomic mass is 32.1. The number of hydrogen-bond acceptors (Lipinski definition) is 4. The lowest BCUT2D eigenvalue weighted by molar-refractivity contribution is 0.0944. The lowest BCUT2D eigenvalue weighted by Gasteiger charge is -2.27. The third-order valence-corrected chi connectivity index (χ3v) is 4.32. The summed E-state index contributed by atoms with van der Waals surface area (Å²) in [5, 5.41) is 2.95. The average Bonchev–Trinajstić information content (AvgIpc) is 2.84. The minimum atomic E-state index is -0.317. The number of thiazole rings is 1. The van der Waals surface area contributed by atoms with E-state index in [1.165, 1.54) is 11.3 Å². The van der Waals surface area contributed by atoms with Gasteiger partial charge in [0.1, 0.15) is 4.88 Å². The van der Waals surface area contributed by atoms with Gasteiger partial charge in [0.15, 0.2) is 0 Å². The molecule has 0 spiro atoms. The molecule has 108 valence electrons. The molecule has 0 radical (unpaired) electrons. The van der Waals surface area contributed by atoms with Crippen LogP contribution in [0.5, 0.6) is 0 Å². The van der Waals surface area contributed by atoms with E-state index in [0.717, 1.165) is 18.5 Å². The van der Waals surface area contributed by atoms with Gasteiger partial charge in [0, 0.05) is 17.5 Å². The Balaban J connectivity index is 2.78. The Hall–Kier alpha value is -0.940. The minimum absolute atomic E-state index is 0.0656. The van der Waals surface area contributed by atoms with E-state index in [9.17, 15) is 4.79 Å². The van der Waals surface area contributed by atoms with Crippen molar-refractivity contribution >= 4 is 17.2 Å². The summed E-state index contributed by atoms with van der Waals surface area (Å²) in [7, 11) is 0. The molecule has 4 nitrogen and oxygen atoms in total. The zero-order valence-corrected chi connectivity index (χ0v) is 13.4. The Kier molecular flexibility index (Phi) is 5.10. The normalized spacial score (nSPS) is 12.5. The molecule has 0 atom stereocenters. The molecule has 0 aliphatic heterocycles. The molecule has 1 aromatic heterocycles. The number of hydrogen-bond donors (Lipinski definition) is 2. The first-order chi connectivity index (χ1) is 8.73. The Labute approximate surface area is 119 Å². The predicted octanol–water partition coefficient (Wildman–Crippen LogP) is 2.69. The number of nitrogens with two attached hydrogens (primary N) is 1. The van der Waals surface area contributed by atoms with Crippen LogP contribution in [0.1, 0.15) is 62.8 Å². The highest BCUT2D eigenvalue weighted by Crippen LogP contribution is 2.27. The van der Waals surface area contributed by atoms with Gasteiger partial charge in [-0.1, -0.05) is 34.6 Å². The minimum Gasteiger partial charge on any atom is -0.349 e. The van der Waals surface area contributed by atoms with E-state index in [-0.39, 0.29) is 16.9 Å². The number of carbonyl (C=O) groups excluding carboxylic acids is 1. The third kappa shape index (κ3) is 4.01. The van der Waals surface area contributed by atoms with Crippen LogP contribution in [-0.4, -0.2) is 23.0 Å². The molecule has 0 fully saturated rings. The van der Waals surface area contributed by atoms with Crippen molar-refractivity contribution in [2.75, 3.05) is 6.54 Å². The molecule has 0 saturated carbocycles. The standard InChI is InChI=1S/C14H25N3OS/c1-6-14(15,7-2)8-16-12(18)10-11(13(3,4)5)17-9-19-10/h9H,6-8,15H2,1-5H3,(H,16,18). The summed E-state index contributed by atoms with van der Waals surface area (Å²) < 4.78 is 0. The van der Waals surface area contributed by atoms with Crippen molar-refractivity contribution in [3.8, 4) is 0 Å². The van der Waals surface area contributed by atoms with Crippen LogP contribution >= 0.6 is 11.3 Å². The van der Waals surface area contributed by atoms with Crippen molar-refractivity contribution < 1.29 is 4.79 Å². The maximum absolute atomic E-state index is 12.3. The lowest BCUT2D eigenvalue weighted by Crippen LogP contribution is -2.49. The van der Waals surface area contributed by atoms with E-state index in [1.807, 2.05) is 13.8 Å². The van der Waals surface area contributed by atoms with Gasteiger partial charge in [-0.25, -0.2) is 4.98 Å². The molecule has 0 bridgehead atoms. The van der Waals surface area contributed by atoms with Crippen LogP contribution < -0.4 is 11.1 Å². The largest absolute Gasteiger partial charge is 0.349 e. The van der Waals surface area contributed by atoms with Gasteiger partial charge in [-0.2, -0.15) is 0 Å². The van der Waals surface area contributed by atoms with Gasteiger partial charge in [-0.05, 0) is 12.8 Å². The second-order valence-corrected chi connectivity index (χ2v) is 6.89. The lowest BCUT2D eigenvalue weighted by atomic mass is 9.91. The molecular weight excluding hydrogens is 258 g/mol.